The standard InChI is InChI=1S/C15H16BrN3O2/c1-9-17-7-13(16)15(19-9)21-8-10-5-12(10)14-4-3-11(20-2)6-18-14/h3-4,6-7,10,12H,5,8H2,1-2H3/t10-,12?/m1/s1. The highest BCUT2D eigenvalue weighted by Gasteiger charge is 2.40. The van der Waals surface area contributed by atoms with Crippen LogP contribution in [0.1, 0.15) is 23.9 Å². The maximum atomic E-state index is 5.79. The van der Waals surface area contributed by atoms with Gasteiger partial charge in [0.25, 0.3) is 0 Å². The zero-order valence-corrected chi connectivity index (χ0v) is 13.5. The van der Waals surface area contributed by atoms with Gasteiger partial charge in [-0.05, 0) is 41.4 Å². The number of aryl methyl sites for hydroxylation is 1. The number of pyridine rings is 1. The van der Waals surface area contributed by atoms with Gasteiger partial charge in [0.1, 0.15) is 11.6 Å². The molecule has 0 aromatic carbocycles. The first-order valence-corrected chi connectivity index (χ1v) is 7.58. The van der Waals surface area contributed by atoms with Crippen molar-refractivity contribution in [1.82, 2.24) is 15.0 Å². The van der Waals surface area contributed by atoms with Gasteiger partial charge >= 0.3 is 0 Å². The Morgan fingerprint density at radius 1 is 1.29 bits per heavy atom. The molecule has 0 spiro atoms. The van der Waals surface area contributed by atoms with Crippen LogP contribution in [-0.2, 0) is 0 Å². The van der Waals surface area contributed by atoms with Gasteiger partial charge < -0.3 is 9.47 Å². The van der Waals surface area contributed by atoms with Crippen molar-refractivity contribution in [1.29, 1.82) is 0 Å². The van der Waals surface area contributed by atoms with Gasteiger partial charge in [0.05, 0.1) is 24.4 Å². The van der Waals surface area contributed by atoms with E-state index in [0.29, 0.717) is 30.1 Å². The van der Waals surface area contributed by atoms with E-state index in [1.54, 1.807) is 19.5 Å². The SMILES string of the molecule is COc1ccc(C2C[C@@H]2COc2nc(C)ncc2Br)nc1. The van der Waals surface area contributed by atoms with Gasteiger partial charge in [-0.25, -0.2) is 4.98 Å². The summed E-state index contributed by atoms with van der Waals surface area (Å²) < 4.78 is 11.7. The second kappa shape index (κ2) is 5.97. The second-order valence-electron chi connectivity index (χ2n) is 5.11. The number of halogens is 1. The van der Waals surface area contributed by atoms with E-state index in [1.165, 1.54) is 0 Å². The fourth-order valence-electron chi connectivity index (χ4n) is 2.25. The molecular weight excluding hydrogens is 334 g/mol. The predicted octanol–water partition coefficient (Wildman–Crippen LogP) is 3.13. The minimum Gasteiger partial charge on any atom is -0.495 e. The van der Waals surface area contributed by atoms with Gasteiger partial charge in [0.2, 0.25) is 5.88 Å². The summed E-state index contributed by atoms with van der Waals surface area (Å²) in [4.78, 5) is 12.8. The average Bonchev–Trinajstić information content (AvgIpc) is 3.28. The summed E-state index contributed by atoms with van der Waals surface area (Å²) in [7, 11) is 1.64. The number of hydrogen-bond acceptors (Lipinski definition) is 5. The van der Waals surface area contributed by atoms with E-state index in [-0.39, 0.29) is 0 Å². The summed E-state index contributed by atoms with van der Waals surface area (Å²) in [6.45, 7) is 2.49. The average molecular weight is 350 g/mol. The van der Waals surface area contributed by atoms with Crippen LogP contribution in [0.4, 0.5) is 0 Å². The molecule has 1 aliphatic rings. The number of aromatic nitrogens is 3. The van der Waals surface area contributed by atoms with Crippen molar-refractivity contribution in [2.75, 3.05) is 13.7 Å². The maximum absolute atomic E-state index is 5.79. The summed E-state index contributed by atoms with van der Waals surface area (Å²) in [5.41, 5.74) is 1.10. The molecule has 0 aliphatic heterocycles. The first kappa shape index (κ1) is 14.3. The summed E-state index contributed by atoms with van der Waals surface area (Å²) >= 11 is 3.40. The lowest BCUT2D eigenvalue weighted by Gasteiger charge is -2.07. The Balaban J connectivity index is 1.57. The molecular formula is C15H16BrN3O2. The molecule has 21 heavy (non-hydrogen) atoms. The lowest BCUT2D eigenvalue weighted by molar-refractivity contribution is 0.282. The highest BCUT2D eigenvalue weighted by molar-refractivity contribution is 9.10. The molecule has 2 heterocycles. The zero-order chi connectivity index (χ0) is 14.8. The molecule has 0 amide bonds. The van der Waals surface area contributed by atoms with Crippen molar-refractivity contribution >= 4 is 15.9 Å². The quantitative estimate of drug-likeness (QED) is 0.829. The molecule has 6 heteroatoms. The molecule has 5 nitrogen and oxygen atoms in total. The van der Waals surface area contributed by atoms with Crippen LogP contribution in [0.3, 0.4) is 0 Å². The molecule has 0 bridgehead atoms. The van der Waals surface area contributed by atoms with Gasteiger partial charge in [0, 0.05) is 23.7 Å². The van der Waals surface area contributed by atoms with Crippen LogP contribution in [0, 0.1) is 12.8 Å². The molecule has 110 valence electrons. The van der Waals surface area contributed by atoms with E-state index >= 15 is 0 Å². The molecule has 2 atom stereocenters. The molecule has 0 radical (unpaired) electrons. The van der Waals surface area contributed by atoms with Crippen molar-refractivity contribution in [2.24, 2.45) is 5.92 Å². The van der Waals surface area contributed by atoms with Crippen molar-refractivity contribution in [3.05, 3.63) is 40.5 Å². The van der Waals surface area contributed by atoms with Crippen LogP contribution in [-0.4, -0.2) is 28.7 Å². The van der Waals surface area contributed by atoms with E-state index in [1.807, 2.05) is 19.1 Å². The molecule has 1 saturated carbocycles. The largest absolute Gasteiger partial charge is 0.495 e. The highest BCUT2D eigenvalue weighted by Crippen LogP contribution is 2.47. The molecule has 0 N–H and O–H groups in total. The number of methoxy groups -OCH3 is 1. The lowest BCUT2D eigenvalue weighted by atomic mass is 10.2. The summed E-state index contributed by atoms with van der Waals surface area (Å²) in [6, 6.07) is 3.97. The van der Waals surface area contributed by atoms with E-state index < -0.39 is 0 Å². The van der Waals surface area contributed by atoms with Gasteiger partial charge in [-0.2, -0.15) is 4.98 Å². The van der Waals surface area contributed by atoms with Crippen molar-refractivity contribution in [3.63, 3.8) is 0 Å². The summed E-state index contributed by atoms with van der Waals surface area (Å²) in [5.74, 6) is 3.06. The van der Waals surface area contributed by atoms with Crippen molar-refractivity contribution < 1.29 is 9.47 Å². The Morgan fingerprint density at radius 2 is 2.14 bits per heavy atom. The Hall–Kier alpha value is -1.69. The maximum Gasteiger partial charge on any atom is 0.231 e. The number of rotatable bonds is 5. The smallest absolute Gasteiger partial charge is 0.231 e. The van der Waals surface area contributed by atoms with Crippen LogP contribution >= 0.6 is 15.9 Å². The first-order chi connectivity index (χ1) is 10.2. The Bertz CT molecular complexity index is 633. The van der Waals surface area contributed by atoms with Crippen LogP contribution in [0.15, 0.2) is 29.0 Å². The number of hydrogen-bond donors (Lipinski definition) is 0. The third-order valence-electron chi connectivity index (χ3n) is 3.56. The zero-order valence-electron chi connectivity index (χ0n) is 11.9. The molecule has 1 fully saturated rings. The third kappa shape index (κ3) is 3.32. The minimum absolute atomic E-state index is 0.470. The number of ether oxygens (including phenoxy) is 2. The fraction of sp³-hybridized carbons (Fsp3) is 0.400. The van der Waals surface area contributed by atoms with Crippen LogP contribution in [0.5, 0.6) is 11.6 Å². The Morgan fingerprint density at radius 3 is 2.86 bits per heavy atom. The normalized spacial score (nSPS) is 20.1. The van der Waals surface area contributed by atoms with E-state index in [4.69, 9.17) is 9.47 Å². The molecule has 3 rings (SSSR count). The van der Waals surface area contributed by atoms with Crippen LogP contribution in [0.25, 0.3) is 0 Å². The Labute approximate surface area is 131 Å². The second-order valence-corrected chi connectivity index (χ2v) is 5.96. The van der Waals surface area contributed by atoms with Crippen LogP contribution < -0.4 is 9.47 Å². The van der Waals surface area contributed by atoms with Gasteiger partial charge in [0.15, 0.2) is 0 Å². The molecule has 2 aromatic rings. The summed E-state index contributed by atoms with van der Waals surface area (Å²) in [6.07, 6.45) is 4.57. The van der Waals surface area contributed by atoms with E-state index in [9.17, 15) is 0 Å². The summed E-state index contributed by atoms with van der Waals surface area (Å²) in [5, 5.41) is 0. The van der Waals surface area contributed by atoms with Gasteiger partial charge in [-0.15, -0.1) is 0 Å². The first-order valence-electron chi connectivity index (χ1n) is 6.79. The van der Waals surface area contributed by atoms with E-state index in [2.05, 4.69) is 30.9 Å². The van der Waals surface area contributed by atoms with Crippen molar-refractivity contribution in [3.8, 4) is 11.6 Å². The molecule has 1 aliphatic carbocycles. The number of nitrogens with zero attached hydrogens (tertiary/aromatic N) is 3. The topological polar surface area (TPSA) is 57.1 Å². The van der Waals surface area contributed by atoms with Gasteiger partial charge in [-0.3, -0.25) is 4.98 Å². The lowest BCUT2D eigenvalue weighted by Crippen LogP contribution is -2.04. The monoisotopic (exact) mass is 349 g/mol. The predicted molar refractivity (Wildman–Crippen MR) is 81.6 cm³/mol. The van der Waals surface area contributed by atoms with Gasteiger partial charge in [-0.1, -0.05) is 0 Å². The molecule has 1 unspecified atom stereocenters. The minimum atomic E-state index is 0.470. The van der Waals surface area contributed by atoms with Crippen molar-refractivity contribution in [2.45, 2.75) is 19.3 Å². The Kier molecular flexibility index (Phi) is 4.05. The highest BCUT2D eigenvalue weighted by atomic mass is 79.9. The molecule has 2 aromatic heterocycles. The third-order valence-corrected chi connectivity index (χ3v) is 4.11. The van der Waals surface area contributed by atoms with E-state index in [0.717, 1.165) is 22.3 Å². The molecule has 0 saturated heterocycles. The fourth-order valence-corrected chi connectivity index (χ4v) is 2.55. The van der Waals surface area contributed by atoms with Crippen LogP contribution in [0.2, 0.25) is 0 Å².